The smallest absolute Gasteiger partial charge is 0.307 e. The molecule has 0 fully saturated rings. The van der Waals surface area contributed by atoms with Crippen LogP contribution in [0.5, 0.6) is 0 Å². The van der Waals surface area contributed by atoms with E-state index in [2.05, 4.69) is 70.2 Å². The van der Waals surface area contributed by atoms with Gasteiger partial charge in [0.2, 0.25) is 0 Å². The van der Waals surface area contributed by atoms with Crippen LogP contribution >= 0.6 is 0 Å². The maximum Gasteiger partial charge on any atom is 0.307 e. The molecule has 0 saturated carbocycles. The molecule has 1 unspecified atom stereocenters. The number of aliphatic carboxylic acids is 1. The first-order valence-electron chi connectivity index (χ1n) is 8.98. The second kappa shape index (κ2) is 6.87. The summed E-state index contributed by atoms with van der Waals surface area (Å²) in [5.41, 5.74) is 8.43. The summed E-state index contributed by atoms with van der Waals surface area (Å²) in [7, 11) is 0. The van der Waals surface area contributed by atoms with Gasteiger partial charge in [-0.1, -0.05) is 67.4 Å². The Kier molecular flexibility index (Phi) is 4.80. The third-order valence-corrected chi connectivity index (χ3v) is 5.32. The van der Waals surface area contributed by atoms with Gasteiger partial charge in [-0.25, -0.2) is 0 Å². The lowest BCUT2D eigenvalue weighted by atomic mass is 9.88. The van der Waals surface area contributed by atoms with E-state index in [0.29, 0.717) is 5.92 Å². The minimum absolute atomic E-state index is 0.102. The maximum atomic E-state index is 11.3. The van der Waals surface area contributed by atoms with Gasteiger partial charge in [-0.2, -0.15) is 0 Å². The number of benzene rings is 2. The van der Waals surface area contributed by atoms with E-state index < -0.39 is 5.97 Å². The molecule has 2 aromatic carbocycles. The second-order valence-corrected chi connectivity index (χ2v) is 7.48. The molecule has 1 aliphatic rings. The highest BCUT2D eigenvalue weighted by atomic mass is 16.4. The Morgan fingerprint density at radius 3 is 2.36 bits per heavy atom. The van der Waals surface area contributed by atoms with E-state index in [1.54, 1.807) is 0 Å². The fourth-order valence-electron chi connectivity index (χ4n) is 3.81. The lowest BCUT2D eigenvalue weighted by Gasteiger charge is -2.15. The summed E-state index contributed by atoms with van der Waals surface area (Å²) in [6, 6.07) is 15.3. The van der Waals surface area contributed by atoms with Crippen molar-refractivity contribution < 1.29 is 9.90 Å². The Bertz CT molecular complexity index is 826. The first-order chi connectivity index (χ1) is 11.9. The molecule has 2 aromatic rings. The van der Waals surface area contributed by atoms with E-state index in [-0.39, 0.29) is 12.3 Å². The number of hydrogen-bond donors (Lipinski definition) is 1. The van der Waals surface area contributed by atoms with Gasteiger partial charge >= 0.3 is 5.97 Å². The zero-order valence-corrected chi connectivity index (χ0v) is 15.5. The average molecular weight is 334 g/mol. The number of carboxylic acids is 1. The third kappa shape index (κ3) is 3.53. The predicted molar refractivity (Wildman–Crippen MR) is 103 cm³/mol. The second-order valence-electron chi connectivity index (χ2n) is 7.48. The molecule has 0 spiro atoms. The van der Waals surface area contributed by atoms with Crippen molar-refractivity contribution in [1.82, 2.24) is 0 Å². The van der Waals surface area contributed by atoms with Gasteiger partial charge in [0.15, 0.2) is 0 Å². The first kappa shape index (κ1) is 17.5. The topological polar surface area (TPSA) is 37.3 Å². The Morgan fingerprint density at radius 1 is 1.08 bits per heavy atom. The van der Waals surface area contributed by atoms with Gasteiger partial charge in [-0.15, -0.1) is 0 Å². The fourth-order valence-corrected chi connectivity index (χ4v) is 3.81. The number of rotatable bonds is 5. The fraction of sp³-hybridized carbons (Fsp3) is 0.348. The summed E-state index contributed by atoms with van der Waals surface area (Å²) in [5.74, 6) is 0.0478. The molecule has 2 heteroatoms. The van der Waals surface area contributed by atoms with Crippen molar-refractivity contribution in [3.8, 4) is 0 Å². The summed E-state index contributed by atoms with van der Waals surface area (Å²) >= 11 is 0. The van der Waals surface area contributed by atoms with Crippen LogP contribution < -0.4 is 0 Å². The van der Waals surface area contributed by atoms with Gasteiger partial charge < -0.3 is 5.11 Å². The molecule has 1 N–H and O–H groups in total. The highest BCUT2D eigenvalue weighted by Gasteiger charge is 2.29. The van der Waals surface area contributed by atoms with Gasteiger partial charge in [-0.3, -0.25) is 4.79 Å². The van der Waals surface area contributed by atoms with Crippen molar-refractivity contribution in [3.63, 3.8) is 0 Å². The van der Waals surface area contributed by atoms with Crippen molar-refractivity contribution in [2.45, 2.75) is 52.4 Å². The van der Waals surface area contributed by atoms with Crippen LogP contribution in [0, 0.1) is 6.92 Å². The molecule has 3 rings (SSSR count). The number of carboxylic acid groups (broad SMARTS) is 1. The van der Waals surface area contributed by atoms with Crippen molar-refractivity contribution in [1.29, 1.82) is 0 Å². The summed E-state index contributed by atoms with van der Waals surface area (Å²) < 4.78 is 0. The van der Waals surface area contributed by atoms with Crippen LogP contribution in [0.25, 0.3) is 5.57 Å². The van der Waals surface area contributed by atoms with Crippen LogP contribution in [-0.2, 0) is 11.2 Å². The Balaban J connectivity index is 1.95. The van der Waals surface area contributed by atoms with Gasteiger partial charge in [-0.05, 0) is 54.0 Å². The molecule has 0 saturated heterocycles. The van der Waals surface area contributed by atoms with Crippen LogP contribution in [0.4, 0.5) is 0 Å². The predicted octanol–water partition coefficient (Wildman–Crippen LogP) is 5.71. The molecule has 130 valence electrons. The summed E-state index contributed by atoms with van der Waals surface area (Å²) in [4.78, 5) is 11.3. The SMILES string of the molecule is CC1=C(CC(=O)O)c2cc(C)ccc2C1Cc1ccc(C(C)C)cc1. The molecule has 2 nitrogen and oxygen atoms in total. The summed E-state index contributed by atoms with van der Waals surface area (Å²) in [6.45, 7) is 8.57. The number of hydrogen-bond acceptors (Lipinski definition) is 1. The minimum Gasteiger partial charge on any atom is -0.481 e. The zero-order chi connectivity index (χ0) is 18.1. The Hall–Kier alpha value is -2.35. The normalized spacial score (nSPS) is 16.4. The number of aryl methyl sites for hydroxylation is 1. The molecular formula is C23H26O2. The highest BCUT2D eigenvalue weighted by Crippen LogP contribution is 2.45. The molecule has 1 aliphatic carbocycles. The van der Waals surface area contributed by atoms with Crippen molar-refractivity contribution in [2.75, 3.05) is 0 Å². The standard InChI is InChI=1S/C23H26O2/c1-14(2)18-8-6-17(7-9-18)12-20-16(4)21(13-23(24)25)22-11-15(3)5-10-19(20)22/h5-11,14,20H,12-13H2,1-4H3,(H,24,25). The summed E-state index contributed by atoms with van der Waals surface area (Å²) in [6.07, 6.45) is 1.02. The third-order valence-electron chi connectivity index (χ3n) is 5.32. The molecule has 0 aliphatic heterocycles. The number of carbonyl (C=O) groups is 1. The molecule has 1 atom stereocenters. The van der Waals surface area contributed by atoms with E-state index >= 15 is 0 Å². The molecule has 0 bridgehead atoms. The molecule has 0 heterocycles. The zero-order valence-electron chi connectivity index (χ0n) is 15.5. The van der Waals surface area contributed by atoms with Gasteiger partial charge in [0, 0.05) is 5.92 Å². The monoisotopic (exact) mass is 334 g/mol. The van der Waals surface area contributed by atoms with Crippen LogP contribution in [0.1, 0.15) is 66.8 Å². The Morgan fingerprint density at radius 2 is 1.76 bits per heavy atom. The maximum absolute atomic E-state index is 11.3. The van der Waals surface area contributed by atoms with Crippen LogP contribution in [-0.4, -0.2) is 11.1 Å². The first-order valence-corrected chi connectivity index (χ1v) is 8.98. The molecule has 25 heavy (non-hydrogen) atoms. The van der Waals surface area contributed by atoms with E-state index in [9.17, 15) is 9.90 Å². The lowest BCUT2D eigenvalue weighted by molar-refractivity contribution is -0.135. The largest absolute Gasteiger partial charge is 0.481 e. The number of fused-ring (bicyclic) bond motifs is 1. The summed E-state index contributed by atoms with van der Waals surface area (Å²) in [5, 5.41) is 9.31. The highest BCUT2D eigenvalue weighted by molar-refractivity contribution is 5.89. The Labute approximate surface area is 150 Å². The van der Waals surface area contributed by atoms with Crippen LogP contribution in [0.15, 0.2) is 48.0 Å². The van der Waals surface area contributed by atoms with Crippen molar-refractivity contribution >= 4 is 11.5 Å². The van der Waals surface area contributed by atoms with E-state index in [4.69, 9.17) is 0 Å². The molecule has 0 aromatic heterocycles. The average Bonchev–Trinajstić information content (AvgIpc) is 2.80. The van der Waals surface area contributed by atoms with Crippen LogP contribution in [0.3, 0.4) is 0 Å². The van der Waals surface area contributed by atoms with E-state index in [1.165, 1.54) is 27.8 Å². The molecule has 0 radical (unpaired) electrons. The molecule has 0 amide bonds. The van der Waals surface area contributed by atoms with Gasteiger partial charge in [0.05, 0.1) is 6.42 Å². The lowest BCUT2D eigenvalue weighted by Crippen LogP contribution is -2.02. The molecular weight excluding hydrogens is 308 g/mol. The minimum atomic E-state index is -0.760. The number of allylic oxidation sites excluding steroid dienone is 1. The van der Waals surface area contributed by atoms with Crippen molar-refractivity contribution in [2.24, 2.45) is 0 Å². The quantitative estimate of drug-likeness (QED) is 0.761. The van der Waals surface area contributed by atoms with Gasteiger partial charge in [0.25, 0.3) is 0 Å². The van der Waals surface area contributed by atoms with Gasteiger partial charge in [0.1, 0.15) is 0 Å². The van der Waals surface area contributed by atoms with E-state index in [0.717, 1.165) is 17.6 Å². The van der Waals surface area contributed by atoms with Crippen molar-refractivity contribution in [3.05, 3.63) is 75.9 Å². The van der Waals surface area contributed by atoms with E-state index in [1.807, 2.05) is 0 Å². The van der Waals surface area contributed by atoms with Crippen LogP contribution in [0.2, 0.25) is 0 Å².